The van der Waals surface area contributed by atoms with Crippen LogP contribution in [0.25, 0.3) is 0 Å². The Morgan fingerprint density at radius 1 is 1.23 bits per heavy atom. The highest BCUT2D eigenvalue weighted by Gasteiger charge is 2.28. The molecular weight excluding hydrogens is 342 g/mol. The summed E-state index contributed by atoms with van der Waals surface area (Å²) in [6.07, 6.45) is -0.626. The first-order chi connectivity index (χ1) is 12.5. The van der Waals surface area contributed by atoms with Gasteiger partial charge in [-0.2, -0.15) is 9.97 Å². The Balaban J connectivity index is 2.46. The van der Waals surface area contributed by atoms with Gasteiger partial charge in [-0.25, -0.2) is 0 Å². The summed E-state index contributed by atoms with van der Waals surface area (Å²) in [5.41, 5.74) is 0.222. The van der Waals surface area contributed by atoms with Gasteiger partial charge in [0.25, 0.3) is 5.69 Å². The molecule has 0 saturated heterocycles. The van der Waals surface area contributed by atoms with Crippen LogP contribution in [0.2, 0.25) is 0 Å². The number of ether oxygens (including phenoxy) is 3. The van der Waals surface area contributed by atoms with E-state index in [0.717, 1.165) is 6.42 Å². The van der Waals surface area contributed by atoms with Crippen molar-refractivity contribution in [1.29, 1.82) is 0 Å². The Kier molecular flexibility index (Phi) is 6.81. The van der Waals surface area contributed by atoms with Crippen molar-refractivity contribution in [1.82, 2.24) is 9.97 Å². The van der Waals surface area contributed by atoms with E-state index in [-0.39, 0.29) is 35.4 Å². The molecular formula is C17H21N3O6. The van der Waals surface area contributed by atoms with Crippen molar-refractivity contribution in [2.75, 3.05) is 20.8 Å². The molecule has 0 aliphatic rings. The summed E-state index contributed by atoms with van der Waals surface area (Å²) in [4.78, 5) is 19.2. The quantitative estimate of drug-likeness (QED) is 0.410. The van der Waals surface area contributed by atoms with E-state index < -0.39 is 11.0 Å². The van der Waals surface area contributed by atoms with Gasteiger partial charge < -0.3 is 19.3 Å². The third-order valence-electron chi connectivity index (χ3n) is 3.59. The Hall–Kier alpha value is -2.78. The van der Waals surface area contributed by atoms with Crippen LogP contribution in [0.5, 0.6) is 11.8 Å². The van der Waals surface area contributed by atoms with Gasteiger partial charge in [0.15, 0.2) is 5.82 Å². The molecule has 0 spiro atoms. The van der Waals surface area contributed by atoms with E-state index in [1.165, 1.54) is 26.4 Å². The molecule has 1 unspecified atom stereocenters. The number of nitro groups is 1. The van der Waals surface area contributed by atoms with Crippen LogP contribution in [-0.2, 0) is 11.3 Å². The molecule has 2 rings (SSSR count). The number of aliphatic hydroxyl groups is 1. The van der Waals surface area contributed by atoms with Crippen molar-refractivity contribution in [2.45, 2.75) is 26.1 Å². The molecule has 0 aliphatic carbocycles. The lowest BCUT2D eigenvalue weighted by molar-refractivity contribution is -0.387. The van der Waals surface area contributed by atoms with Crippen molar-refractivity contribution in [3.05, 3.63) is 51.3 Å². The summed E-state index contributed by atoms with van der Waals surface area (Å²) >= 11 is 0. The molecule has 1 N–H and O–H groups in total. The van der Waals surface area contributed by atoms with E-state index in [2.05, 4.69) is 9.97 Å². The second kappa shape index (κ2) is 9.07. The van der Waals surface area contributed by atoms with E-state index in [9.17, 15) is 15.2 Å². The Morgan fingerprint density at radius 3 is 2.42 bits per heavy atom. The molecule has 9 nitrogen and oxygen atoms in total. The van der Waals surface area contributed by atoms with Gasteiger partial charge in [0.1, 0.15) is 6.10 Å². The fraction of sp³-hybridized carbons (Fsp3) is 0.412. The average Bonchev–Trinajstić information content (AvgIpc) is 2.66. The van der Waals surface area contributed by atoms with E-state index >= 15 is 0 Å². The highest BCUT2D eigenvalue weighted by atomic mass is 16.6. The molecule has 0 amide bonds. The van der Waals surface area contributed by atoms with Crippen LogP contribution >= 0.6 is 0 Å². The third kappa shape index (κ3) is 4.44. The minimum Gasteiger partial charge on any atom is -0.481 e. The van der Waals surface area contributed by atoms with Crippen LogP contribution < -0.4 is 9.47 Å². The first-order valence-corrected chi connectivity index (χ1v) is 8.00. The van der Waals surface area contributed by atoms with Gasteiger partial charge in [-0.05, 0) is 18.6 Å². The topological polar surface area (TPSA) is 117 Å². The predicted molar refractivity (Wildman–Crippen MR) is 92.2 cm³/mol. The molecule has 0 saturated carbocycles. The molecule has 0 radical (unpaired) electrons. The second-order valence-electron chi connectivity index (χ2n) is 5.38. The molecule has 0 bridgehead atoms. The molecule has 1 aromatic carbocycles. The molecule has 9 heteroatoms. The summed E-state index contributed by atoms with van der Waals surface area (Å²) < 4.78 is 15.5. The molecule has 0 fully saturated rings. The number of hydrogen-bond acceptors (Lipinski definition) is 8. The lowest BCUT2D eigenvalue weighted by Crippen LogP contribution is -2.11. The van der Waals surface area contributed by atoms with Crippen molar-refractivity contribution in [3.63, 3.8) is 0 Å². The summed E-state index contributed by atoms with van der Waals surface area (Å²) in [5, 5.41) is 22.3. The maximum atomic E-state index is 11.6. The second-order valence-corrected chi connectivity index (χ2v) is 5.38. The fourth-order valence-corrected chi connectivity index (χ4v) is 2.39. The van der Waals surface area contributed by atoms with Gasteiger partial charge in [-0.1, -0.05) is 13.0 Å². The van der Waals surface area contributed by atoms with Crippen molar-refractivity contribution >= 4 is 5.69 Å². The number of methoxy groups -OCH3 is 2. The minimum absolute atomic E-state index is 0.0593. The molecule has 1 heterocycles. The molecule has 0 aliphatic heterocycles. The van der Waals surface area contributed by atoms with E-state index in [4.69, 9.17) is 14.2 Å². The van der Waals surface area contributed by atoms with Crippen molar-refractivity contribution in [2.24, 2.45) is 0 Å². The van der Waals surface area contributed by atoms with E-state index in [1.54, 1.807) is 12.1 Å². The smallest absolute Gasteiger partial charge is 0.281 e. The molecule has 26 heavy (non-hydrogen) atoms. The summed E-state index contributed by atoms with van der Waals surface area (Å²) in [5.74, 6) is 0.294. The Labute approximate surface area is 150 Å². The van der Waals surface area contributed by atoms with Crippen LogP contribution in [0.15, 0.2) is 24.3 Å². The van der Waals surface area contributed by atoms with Crippen molar-refractivity contribution < 1.29 is 24.2 Å². The van der Waals surface area contributed by atoms with Gasteiger partial charge >= 0.3 is 0 Å². The normalized spacial score (nSPS) is 11.8. The third-order valence-corrected chi connectivity index (χ3v) is 3.59. The van der Waals surface area contributed by atoms with E-state index in [0.29, 0.717) is 12.2 Å². The average molecular weight is 363 g/mol. The highest BCUT2D eigenvalue weighted by molar-refractivity contribution is 5.50. The van der Waals surface area contributed by atoms with Crippen LogP contribution in [0.1, 0.15) is 36.4 Å². The molecule has 1 atom stereocenters. The lowest BCUT2D eigenvalue weighted by atomic mass is 10.0. The first kappa shape index (κ1) is 19.5. The molecule has 1 aromatic heterocycles. The predicted octanol–water partition coefficient (Wildman–Crippen LogP) is 2.41. The van der Waals surface area contributed by atoms with Crippen molar-refractivity contribution in [3.8, 4) is 11.8 Å². The van der Waals surface area contributed by atoms with Crippen LogP contribution in [-0.4, -0.2) is 40.8 Å². The zero-order valence-corrected chi connectivity index (χ0v) is 14.8. The van der Waals surface area contributed by atoms with Crippen LogP contribution in [0.4, 0.5) is 5.69 Å². The van der Waals surface area contributed by atoms with Crippen LogP contribution in [0, 0.1) is 10.1 Å². The largest absolute Gasteiger partial charge is 0.481 e. The summed E-state index contributed by atoms with van der Waals surface area (Å²) in [6, 6.07) is 6.12. The SMILES string of the molecule is CCCOCc1cccc(C(O)c2nc(OC)cc(OC)n2)c1[N+](=O)[O-]. The number of benzene rings is 1. The number of para-hydroxylation sites is 1. The molecule has 140 valence electrons. The summed E-state index contributed by atoms with van der Waals surface area (Å²) in [6.45, 7) is 2.51. The number of hydrogen-bond donors (Lipinski definition) is 1. The number of rotatable bonds is 9. The first-order valence-electron chi connectivity index (χ1n) is 8.00. The zero-order chi connectivity index (χ0) is 19.1. The standard InChI is InChI=1S/C17H21N3O6/c1-4-8-26-10-11-6-5-7-12(15(11)20(22)23)16(21)17-18-13(24-2)9-14(19-17)25-3/h5-7,9,16,21H,4,8,10H2,1-3H3. The fourth-order valence-electron chi connectivity index (χ4n) is 2.39. The Morgan fingerprint density at radius 2 is 1.88 bits per heavy atom. The zero-order valence-electron chi connectivity index (χ0n) is 14.8. The monoisotopic (exact) mass is 363 g/mol. The van der Waals surface area contributed by atoms with Gasteiger partial charge in [0, 0.05) is 6.61 Å². The van der Waals surface area contributed by atoms with E-state index in [1.807, 2.05) is 6.92 Å². The number of nitro benzene ring substituents is 1. The van der Waals surface area contributed by atoms with Gasteiger partial charge in [-0.15, -0.1) is 0 Å². The van der Waals surface area contributed by atoms with Gasteiger partial charge in [0.05, 0.1) is 42.9 Å². The maximum absolute atomic E-state index is 11.6. The number of nitrogens with zero attached hydrogens (tertiary/aromatic N) is 3. The highest BCUT2D eigenvalue weighted by Crippen LogP contribution is 2.33. The number of aromatic nitrogens is 2. The van der Waals surface area contributed by atoms with Gasteiger partial charge in [-0.3, -0.25) is 10.1 Å². The number of aliphatic hydroxyl groups excluding tert-OH is 1. The van der Waals surface area contributed by atoms with Crippen LogP contribution in [0.3, 0.4) is 0 Å². The maximum Gasteiger partial charge on any atom is 0.281 e. The van der Waals surface area contributed by atoms with Gasteiger partial charge in [0.2, 0.25) is 11.8 Å². The Bertz CT molecular complexity index is 746. The minimum atomic E-state index is -1.43. The summed E-state index contributed by atoms with van der Waals surface area (Å²) in [7, 11) is 2.82. The lowest BCUT2D eigenvalue weighted by Gasteiger charge is -2.14. The molecule has 2 aromatic rings.